The fraction of sp³-hybridized carbons (Fsp3) is 0.407. The number of carboxylic acids is 1. The average molecular weight is 491 g/mol. The third-order valence-corrected chi connectivity index (χ3v) is 6.61. The molecule has 1 aromatic carbocycles. The lowest BCUT2D eigenvalue weighted by molar-refractivity contribution is -0.136. The van der Waals surface area contributed by atoms with Gasteiger partial charge in [0.25, 0.3) is 0 Å². The number of nitrogen functional groups attached to an aromatic ring is 1. The first-order valence-electron chi connectivity index (χ1n) is 12.2. The summed E-state index contributed by atoms with van der Waals surface area (Å²) in [6, 6.07) is 9.60. The lowest BCUT2D eigenvalue weighted by Crippen LogP contribution is -2.38. The Hall–Kier alpha value is -3.88. The normalized spacial score (nSPS) is 14.9. The molecule has 4 rings (SSSR count). The molecule has 9 nitrogen and oxygen atoms in total. The molecule has 0 unspecified atom stereocenters. The van der Waals surface area contributed by atoms with Crippen molar-refractivity contribution in [1.82, 2.24) is 15.0 Å². The maximum absolute atomic E-state index is 11.7. The van der Waals surface area contributed by atoms with E-state index in [-0.39, 0.29) is 11.8 Å². The van der Waals surface area contributed by atoms with Gasteiger partial charge in [-0.15, -0.1) is 0 Å². The highest BCUT2D eigenvalue weighted by Gasteiger charge is 2.30. The van der Waals surface area contributed by atoms with Crippen LogP contribution in [0.5, 0.6) is 5.75 Å². The second kappa shape index (κ2) is 10.8. The maximum Gasteiger partial charge on any atom is 0.307 e. The van der Waals surface area contributed by atoms with E-state index < -0.39 is 5.97 Å². The summed E-state index contributed by atoms with van der Waals surface area (Å²) in [5.41, 5.74) is 10.1. The maximum atomic E-state index is 11.7. The topological polar surface area (TPSA) is 126 Å². The number of hydrogen-bond acceptors (Lipinski definition) is 8. The highest BCUT2D eigenvalue weighted by atomic mass is 16.5. The van der Waals surface area contributed by atoms with Crippen molar-refractivity contribution in [3.63, 3.8) is 0 Å². The number of piperidine rings is 1. The van der Waals surface area contributed by atoms with Crippen molar-refractivity contribution in [3.8, 4) is 17.1 Å². The third kappa shape index (κ3) is 6.02. The molecule has 4 N–H and O–H groups in total. The minimum atomic E-state index is -0.895. The smallest absolute Gasteiger partial charge is 0.307 e. The molecular formula is C27H34N6O3. The number of nitrogens with one attached hydrogen (secondary N) is 1. The highest BCUT2D eigenvalue weighted by Crippen LogP contribution is 2.39. The van der Waals surface area contributed by atoms with E-state index in [1.165, 1.54) is 0 Å². The molecule has 1 aliphatic rings. The average Bonchev–Trinajstić information content (AvgIpc) is 2.84. The number of carboxylic acid groups (broad SMARTS) is 1. The Morgan fingerprint density at radius 1 is 1.17 bits per heavy atom. The van der Waals surface area contributed by atoms with E-state index in [1.54, 1.807) is 12.4 Å². The summed E-state index contributed by atoms with van der Waals surface area (Å²) in [6.07, 6.45) is 5.29. The second-order valence-corrected chi connectivity index (χ2v) is 9.89. The predicted octanol–water partition coefficient (Wildman–Crippen LogP) is 4.17. The highest BCUT2D eigenvalue weighted by molar-refractivity contribution is 5.83. The van der Waals surface area contributed by atoms with Gasteiger partial charge in [-0.05, 0) is 37.3 Å². The largest absolute Gasteiger partial charge is 0.492 e. The molecular weight excluding hydrogens is 456 g/mol. The van der Waals surface area contributed by atoms with Crippen LogP contribution in [0.3, 0.4) is 0 Å². The number of aryl methyl sites for hydroxylation is 1. The summed E-state index contributed by atoms with van der Waals surface area (Å²) in [5.74, 6) is 0.647. The second-order valence-electron chi connectivity index (χ2n) is 9.89. The zero-order chi connectivity index (χ0) is 25.7. The third-order valence-electron chi connectivity index (χ3n) is 6.61. The quantitative estimate of drug-likeness (QED) is 0.379. The van der Waals surface area contributed by atoms with Gasteiger partial charge in [-0.2, -0.15) is 0 Å². The van der Waals surface area contributed by atoms with E-state index in [0.29, 0.717) is 47.3 Å². The first-order valence-corrected chi connectivity index (χ1v) is 12.2. The Kier molecular flexibility index (Phi) is 7.57. The number of nitrogens with two attached hydrogens (primary N) is 1. The molecule has 36 heavy (non-hydrogen) atoms. The SMILES string of the molecule is Cc1ncc(-c2ncc(NCCOc3ccccc3)c(N)n2)c(N2CCC(C)(C)CC2)c1CC(=O)O. The van der Waals surface area contributed by atoms with Gasteiger partial charge in [-0.25, -0.2) is 9.97 Å². The van der Waals surface area contributed by atoms with Gasteiger partial charge in [0.15, 0.2) is 11.6 Å². The Morgan fingerprint density at radius 2 is 1.89 bits per heavy atom. The van der Waals surface area contributed by atoms with Crippen LogP contribution in [0, 0.1) is 12.3 Å². The first kappa shape index (κ1) is 25.2. The molecule has 0 amide bonds. The number of carbonyl (C=O) groups is 1. The summed E-state index contributed by atoms with van der Waals surface area (Å²) in [6.45, 7) is 9.02. The number of hydrogen-bond donors (Lipinski definition) is 3. The van der Waals surface area contributed by atoms with Crippen molar-refractivity contribution in [2.24, 2.45) is 5.41 Å². The number of aromatic nitrogens is 3. The van der Waals surface area contributed by atoms with Gasteiger partial charge in [0.1, 0.15) is 12.4 Å². The minimum Gasteiger partial charge on any atom is -0.492 e. The number of ether oxygens (including phenoxy) is 1. The molecule has 1 fully saturated rings. The summed E-state index contributed by atoms with van der Waals surface area (Å²) in [4.78, 5) is 27.6. The van der Waals surface area contributed by atoms with Crippen LogP contribution >= 0.6 is 0 Å². The zero-order valence-electron chi connectivity index (χ0n) is 21.1. The van der Waals surface area contributed by atoms with Gasteiger partial charge < -0.3 is 25.8 Å². The standard InChI is InChI=1S/C27H34N6O3/c1-18-20(15-23(34)35)24(33-12-9-27(2,3)10-13-33)21(16-30-18)26-31-17-22(25(28)32-26)29-11-14-36-19-7-5-4-6-8-19/h4-8,16-17,29H,9-15H2,1-3H3,(H,34,35)(H2,28,31,32). The van der Waals surface area contributed by atoms with Gasteiger partial charge >= 0.3 is 5.97 Å². The summed E-state index contributed by atoms with van der Waals surface area (Å²) in [5, 5.41) is 12.8. The van der Waals surface area contributed by atoms with Crippen molar-refractivity contribution in [1.29, 1.82) is 0 Å². The lowest BCUT2D eigenvalue weighted by atomic mass is 9.82. The minimum absolute atomic E-state index is 0.113. The molecule has 1 saturated heterocycles. The van der Waals surface area contributed by atoms with Crippen LogP contribution in [-0.2, 0) is 11.2 Å². The van der Waals surface area contributed by atoms with Gasteiger partial charge in [-0.1, -0.05) is 32.0 Å². The first-order chi connectivity index (χ1) is 17.2. The number of nitrogens with zero attached hydrogens (tertiary/aromatic N) is 4. The predicted molar refractivity (Wildman–Crippen MR) is 141 cm³/mol. The summed E-state index contributed by atoms with van der Waals surface area (Å²) >= 11 is 0. The molecule has 0 aliphatic carbocycles. The number of pyridine rings is 1. The van der Waals surface area contributed by atoms with Gasteiger partial charge in [0, 0.05) is 37.1 Å². The monoisotopic (exact) mass is 490 g/mol. The van der Waals surface area contributed by atoms with Crippen molar-refractivity contribution in [3.05, 3.63) is 54.0 Å². The van der Waals surface area contributed by atoms with Crippen molar-refractivity contribution in [2.45, 2.75) is 40.0 Å². The van der Waals surface area contributed by atoms with Crippen LogP contribution in [0.25, 0.3) is 11.4 Å². The number of para-hydroxylation sites is 1. The van der Waals surface area contributed by atoms with E-state index in [9.17, 15) is 9.90 Å². The van der Waals surface area contributed by atoms with Gasteiger partial charge in [0.2, 0.25) is 0 Å². The Bertz CT molecular complexity index is 1210. The van der Waals surface area contributed by atoms with Crippen LogP contribution in [0.4, 0.5) is 17.2 Å². The number of benzene rings is 1. The molecule has 1 aliphatic heterocycles. The van der Waals surface area contributed by atoms with E-state index in [2.05, 4.69) is 39.0 Å². The summed E-state index contributed by atoms with van der Waals surface area (Å²) < 4.78 is 5.71. The van der Waals surface area contributed by atoms with E-state index in [1.807, 2.05) is 37.3 Å². The fourth-order valence-electron chi connectivity index (χ4n) is 4.39. The number of rotatable bonds is 9. The molecule has 0 atom stereocenters. The van der Waals surface area contributed by atoms with Crippen LogP contribution < -0.4 is 20.7 Å². The summed E-state index contributed by atoms with van der Waals surface area (Å²) in [7, 11) is 0. The molecule has 0 bridgehead atoms. The molecule has 0 saturated carbocycles. The molecule has 3 heterocycles. The number of anilines is 3. The lowest BCUT2D eigenvalue weighted by Gasteiger charge is -2.39. The molecule has 9 heteroatoms. The van der Waals surface area contributed by atoms with Crippen LogP contribution in [0.1, 0.15) is 37.9 Å². The van der Waals surface area contributed by atoms with Crippen LogP contribution in [-0.4, -0.2) is 52.3 Å². The Labute approximate surface area is 211 Å². The Morgan fingerprint density at radius 3 is 2.56 bits per heavy atom. The molecule has 3 aromatic rings. The van der Waals surface area contributed by atoms with Crippen LogP contribution in [0.15, 0.2) is 42.7 Å². The van der Waals surface area contributed by atoms with Gasteiger partial charge in [0.05, 0.1) is 29.6 Å². The van der Waals surface area contributed by atoms with E-state index in [4.69, 9.17) is 10.5 Å². The molecule has 0 spiro atoms. The molecule has 190 valence electrons. The van der Waals surface area contributed by atoms with E-state index in [0.717, 1.165) is 37.4 Å². The molecule has 0 radical (unpaired) electrons. The number of aliphatic carboxylic acids is 1. The van der Waals surface area contributed by atoms with Crippen molar-refractivity contribution >= 4 is 23.2 Å². The van der Waals surface area contributed by atoms with Gasteiger partial charge in [-0.3, -0.25) is 9.78 Å². The van der Waals surface area contributed by atoms with E-state index >= 15 is 0 Å². The molecule has 2 aromatic heterocycles. The van der Waals surface area contributed by atoms with Crippen molar-refractivity contribution in [2.75, 3.05) is 42.2 Å². The Balaban J connectivity index is 1.57. The fourth-order valence-corrected chi connectivity index (χ4v) is 4.39. The van der Waals surface area contributed by atoms with Crippen molar-refractivity contribution < 1.29 is 14.6 Å². The zero-order valence-corrected chi connectivity index (χ0v) is 21.1. The van der Waals surface area contributed by atoms with Crippen LogP contribution in [0.2, 0.25) is 0 Å².